The number of nitrogens with one attached hydrogen (secondary N) is 1. The molecule has 0 bridgehead atoms. The van der Waals surface area contributed by atoms with E-state index >= 15 is 0 Å². The highest BCUT2D eigenvalue weighted by Gasteiger charge is 2.23. The summed E-state index contributed by atoms with van der Waals surface area (Å²) in [4.78, 5) is 12.8. The summed E-state index contributed by atoms with van der Waals surface area (Å²) < 4.78 is 25.9. The van der Waals surface area contributed by atoms with Crippen LogP contribution in [0.1, 0.15) is 35.9 Å². The molecule has 0 saturated heterocycles. The molecule has 4 rings (SSSR count). The van der Waals surface area contributed by atoms with Crippen molar-refractivity contribution in [2.75, 3.05) is 13.2 Å². The summed E-state index contributed by atoms with van der Waals surface area (Å²) in [5, 5.41) is 7.38. The van der Waals surface area contributed by atoms with Gasteiger partial charge in [-0.25, -0.2) is 9.07 Å². The highest BCUT2D eigenvalue weighted by molar-refractivity contribution is 5.92. The number of hydrogen-bond acceptors (Lipinski definition) is 4. The number of hydrogen-bond donors (Lipinski definition) is 1. The molecular formula is C22H22FN3O3. The second-order valence-electron chi connectivity index (χ2n) is 7.22. The molecule has 0 saturated carbocycles. The fourth-order valence-corrected chi connectivity index (χ4v) is 3.29. The monoisotopic (exact) mass is 395 g/mol. The lowest BCUT2D eigenvalue weighted by atomic mass is 9.95. The SMILES string of the molecule is CC(C)C(NC(=O)c1ccn(-c2ccc(F)cc2)n1)c1ccc2c(c1)OCCO2. The van der Waals surface area contributed by atoms with Gasteiger partial charge in [-0.05, 0) is 53.9 Å². The van der Waals surface area contributed by atoms with Crippen LogP contribution in [0.3, 0.4) is 0 Å². The van der Waals surface area contributed by atoms with Crippen molar-refractivity contribution in [3.8, 4) is 17.2 Å². The quantitative estimate of drug-likeness (QED) is 0.711. The predicted octanol–water partition coefficient (Wildman–Crippen LogP) is 3.91. The molecule has 2 heterocycles. The largest absolute Gasteiger partial charge is 0.486 e. The molecule has 2 aromatic carbocycles. The van der Waals surface area contributed by atoms with Crippen LogP contribution in [0.25, 0.3) is 5.69 Å². The first kappa shape index (κ1) is 19.0. The van der Waals surface area contributed by atoms with E-state index in [1.807, 2.05) is 32.0 Å². The fraction of sp³-hybridized carbons (Fsp3) is 0.273. The third-order valence-corrected chi connectivity index (χ3v) is 4.79. The molecule has 29 heavy (non-hydrogen) atoms. The number of nitrogens with zero attached hydrogens (tertiary/aromatic N) is 2. The summed E-state index contributed by atoms with van der Waals surface area (Å²) in [6, 6.07) is 13.1. The first-order valence-corrected chi connectivity index (χ1v) is 9.53. The van der Waals surface area contributed by atoms with Crippen LogP contribution in [0, 0.1) is 11.7 Å². The molecule has 1 aliphatic rings. The summed E-state index contributed by atoms with van der Waals surface area (Å²) in [5.74, 6) is 0.958. The van der Waals surface area contributed by atoms with Crippen LogP contribution in [0.4, 0.5) is 4.39 Å². The summed E-state index contributed by atoms with van der Waals surface area (Å²) in [6.07, 6.45) is 1.68. The minimum Gasteiger partial charge on any atom is -0.486 e. The molecule has 1 aliphatic heterocycles. The van der Waals surface area contributed by atoms with Crippen LogP contribution in [-0.4, -0.2) is 28.9 Å². The Morgan fingerprint density at radius 2 is 1.79 bits per heavy atom. The Morgan fingerprint density at radius 1 is 1.07 bits per heavy atom. The molecular weight excluding hydrogens is 373 g/mol. The van der Waals surface area contributed by atoms with Gasteiger partial charge in [0, 0.05) is 6.20 Å². The molecule has 1 aromatic heterocycles. The third-order valence-electron chi connectivity index (χ3n) is 4.79. The van der Waals surface area contributed by atoms with Crippen molar-refractivity contribution in [2.45, 2.75) is 19.9 Å². The molecule has 0 spiro atoms. The van der Waals surface area contributed by atoms with Gasteiger partial charge in [-0.2, -0.15) is 5.10 Å². The highest BCUT2D eigenvalue weighted by Crippen LogP contribution is 2.34. The van der Waals surface area contributed by atoms with E-state index in [-0.39, 0.29) is 29.4 Å². The zero-order chi connectivity index (χ0) is 20.4. The minimum absolute atomic E-state index is 0.153. The summed E-state index contributed by atoms with van der Waals surface area (Å²) in [5.41, 5.74) is 1.91. The number of amides is 1. The van der Waals surface area contributed by atoms with E-state index in [1.54, 1.807) is 29.1 Å². The standard InChI is InChI=1S/C22H22FN3O3/c1-14(2)21(15-3-8-19-20(13-15)29-12-11-28-19)24-22(27)18-9-10-26(25-18)17-6-4-16(23)5-7-17/h3-10,13-14,21H,11-12H2,1-2H3,(H,24,27). The van der Waals surface area contributed by atoms with Gasteiger partial charge in [0.15, 0.2) is 17.2 Å². The van der Waals surface area contributed by atoms with Crippen molar-refractivity contribution in [1.82, 2.24) is 15.1 Å². The summed E-state index contributed by atoms with van der Waals surface area (Å²) >= 11 is 0. The van der Waals surface area contributed by atoms with E-state index in [0.717, 1.165) is 5.56 Å². The van der Waals surface area contributed by atoms with Crippen molar-refractivity contribution in [1.29, 1.82) is 0 Å². The Hall–Kier alpha value is -3.35. The number of fused-ring (bicyclic) bond motifs is 1. The lowest BCUT2D eigenvalue weighted by Gasteiger charge is -2.25. The van der Waals surface area contributed by atoms with Crippen molar-refractivity contribution in [3.63, 3.8) is 0 Å². The van der Waals surface area contributed by atoms with E-state index in [0.29, 0.717) is 30.4 Å². The average Bonchev–Trinajstić information content (AvgIpc) is 3.22. The van der Waals surface area contributed by atoms with Gasteiger partial charge in [-0.1, -0.05) is 19.9 Å². The molecule has 1 unspecified atom stereocenters. The van der Waals surface area contributed by atoms with Crippen LogP contribution in [0.2, 0.25) is 0 Å². The Kier molecular flexibility index (Phi) is 5.20. The van der Waals surface area contributed by atoms with E-state index in [1.165, 1.54) is 12.1 Å². The summed E-state index contributed by atoms with van der Waals surface area (Å²) in [6.45, 7) is 5.13. The molecule has 1 atom stereocenters. The smallest absolute Gasteiger partial charge is 0.272 e. The van der Waals surface area contributed by atoms with Crippen LogP contribution >= 0.6 is 0 Å². The normalized spacial score (nSPS) is 13.9. The number of benzene rings is 2. The molecule has 1 N–H and O–H groups in total. The zero-order valence-electron chi connectivity index (χ0n) is 16.3. The molecule has 0 fully saturated rings. The van der Waals surface area contributed by atoms with Gasteiger partial charge in [0.25, 0.3) is 5.91 Å². The van der Waals surface area contributed by atoms with Crippen LogP contribution < -0.4 is 14.8 Å². The van der Waals surface area contributed by atoms with Gasteiger partial charge < -0.3 is 14.8 Å². The van der Waals surface area contributed by atoms with Gasteiger partial charge >= 0.3 is 0 Å². The van der Waals surface area contributed by atoms with Gasteiger partial charge in [-0.15, -0.1) is 0 Å². The van der Waals surface area contributed by atoms with Gasteiger partial charge in [-0.3, -0.25) is 4.79 Å². The molecule has 7 heteroatoms. The van der Waals surface area contributed by atoms with Crippen molar-refractivity contribution >= 4 is 5.91 Å². The number of carbonyl (C=O) groups is 1. The Balaban J connectivity index is 1.53. The first-order valence-electron chi connectivity index (χ1n) is 9.53. The minimum atomic E-state index is -0.321. The maximum absolute atomic E-state index is 13.1. The van der Waals surface area contributed by atoms with Crippen molar-refractivity contribution in [3.05, 3.63) is 71.8 Å². The van der Waals surface area contributed by atoms with Crippen LogP contribution in [-0.2, 0) is 0 Å². The Morgan fingerprint density at radius 3 is 2.52 bits per heavy atom. The predicted molar refractivity (Wildman–Crippen MR) is 106 cm³/mol. The topological polar surface area (TPSA) is 65.4 Å². The first-order chi connectivity index (χ1) is 14.0. The lowest BCUT2D eigenvalue weighted by molar-refractivity contribution is 0.0919. The Bertz CT molecular complexity index is 1010. The molecule has 0 radical (unpaired) electrons. The van der Waals surface area contributed by atoms with Crippen LogP contribution in [0.15, 0.2) is 54.7 Å². The van der Waals surface area contributed by atoms with Gasteiger partial charge in [0.2, 0.25) is 0 Å². The van der Waals surface area contributed by atoms with Gasteiger partial charge in [0.1, 0.15) is 19.0 Å². The van der Waals surface area contributed by atoms with E-state index in [9.17, 15) is 9.18 Å². The number of carbonyl (C=O) groups excluding carboxylic acids is 1. The molecule has 150 valence electrons. The maximum atomic E-state index is 13.1. The second-order valence-corrected chi connectivity index (χ2v) is 7.22. The van der Waals surface area contributed by atoms with Crippen LogP contribution in [0.5, 0.6) is 11.5 Å². The average molecular weight is 395 g/mol. The molecule has 0 aliphatic carbocycles. The summed E-state index contributed by atoms with van der Waals surface area (Å²) in [7, 11) is 0. The second kappa shape index (κ2) is 7.95. The molecule has 3 aromatic rings. The Labute approximate surface area is 168 Å². The van der Waals surface area contributed by atoms with E-state index < -0.39 is 0 Å². The highest BCUT2D eigenvalue weighted by atomic mass is 19.1. The van der Waals surface area contributed by atoms with E-state index in [2.05, 4.69) is 10.4 Å². The van der Waals surface area contributed by atoms with Gasteiger partial charge in [0.05, 0.1) is 11.7 Å². The fourth-order valence-electron chi connectivity index (χ4n) is 3.29. The number of halogens is 1. The zero-order valence-corrected chi connectivity index (χ0v) is 16.3. The molecule has 6 nitrogen and oxygen atoms in total. The van der Waals surface area contributed by atoms with Crippen molar-refractivity contribution < 1.29 is 18.7 Å². The number of rotatable bonds is 5. The lowest BCUT2D eigenvalue weighted by Crippen LogP contribution is -2.32. The number of ether oxygens (including phenoxy) is 2. The number of aromatic nitrogens is 2. The van der Waals surface area contributed by atoms with Crippen molar-refractivity contribution in [2.24, 2.45) is 5.92 Å². The van der Waals surface area contributed by atoms with E-state index in [4.69, 9.17) is 9.47 Å². The molecule has 1 amide bonds. The third kappa shape index (κ3) is 4.08. The maximum Gasteiger partial charge on any atom is 0.272 e.